The molecule has 0 unspecified atom stereocenters. The van der Waals surface area contributed by atoms with Crippen LogP contribution in [0.25, 0.3) is 12.2 Å². The predicted molar refractivity (Wildman–Crippen MR) is 172 cm³/mol. The highest BCUT2D eigenvalue weighted by molar-refractivity contribution is 5.91. The largest absolute Gasteiger partial charge is 0.457 e. The zero-order valence-corrected chi connectivity index (χ0v) is 23.7. The summed E-state index contributed by atoms with van der Waals surface area (Å²) in [5.74, 6) is -0.796. The Morgan fingerprint density at radius 1 is 0.512 bits per heavy atom. The van der Waals surface area contributed by atoms with Crippen molar-refractivity contribution in [2.45, 2.75) is 13.2 Å². The van der Waals surface area contributed by atoms with Crippen molar-refractivity contribution in [3.8, 4) is 0 Å². The fourth-order valence-corrected chi connectivity index (χ4v) is 4.48. The summed E-state index contributed by atoms with van der Waals surface area (Å²) in [6, 6.07) is 39.8. The third-order valence-electron chi connectivity index (χ3n) is 6.91. The van der Waals surface area contributed by atoms with Crippen LogP contribution in [0.1, 0.15) is 43.0 Å². The lowest BCUT2D eigenvalue weighted by Crippen LogP contribution is -2.11. The molecular formula is C38H31NO4. The van der Waals surface area contributed by atoms with E-state index in [1.807, 2.05) is 108 Å². The van der Waals surface area contributed by atoms with Gasteiger partial charge < -0.3 is 14.4 Å². The van der Waals surface area contributed by atoms with Gasteiger partial charge >= 0.3 is 11.9 Å². The molecule has 43 heavy (non-hydrogen) atoms. The van der Waals surface area contributed by atoms with Crippen molar-refractivity contribution in [1.82, 2.24) is 0 Å². The van der Waals surface area contributed by atoms with Crippen LogP contribution in [0.15, 0.2) is 141 Å². The van der Waals surface area contributed by atoms with Crippen LogP contribution in [0, 0.1) is 0 Å². The SMILES string of the molecule is C=Cc1ccc(COC(=O)c2ccc(N(c3ccccc3)c3ccc(C(=O)OCc4ccc(C=C)cc4)cc3)cc2)cc1. The molecule has 0 aliphatic rings. The van der Waals surface area contributed by atoms with E-state index in [9.17, 15) is 9.59 Å². The molecule has 0 atom stereocenters. The number of benzene rings is 5. The summed E-state index contributed by atoms with van der Waals surface area (Å²) in [6.45, 7) is 7.88. The molecule has 212 valence electrons. The number of esters is 2. The van der Waals surface area contributed by atoms with Gasteiger partial charge in [-0.3, -0.25) is 0 Å². The summed E-state index contributed by atoms with van der Waals surface area (Å²) >= 11 is 0. The third kappa shape index (κ3) is 7.34. The first-order valence-corrected chi connectivity index (χ1v) is 13.9. The second-order valence-electron chi connectivity index (χ2n) is 9.81. The van der Waals surface area contributed by atoms with Gasteiger partial charge in [-0.2, -0.15) is 0 Å². The summed E-state index contributed by atoms with van der Waals surface area (Å²) in [5, 5.41) is 0. The highest BCUT2D eigenvalue weighted by Crippen LogP contribution is 2.34. The van der Waals surface area contributed by atoms with Gasteiger partial charge in [-0.05, 0) is 82.9 Å². The Bertz CT molecular complexity index is 1580. The Morgan fingerprint density at radius 2 is 0.884 bits per heavy atom. The standard InChI is InChI=1S/C38H31NO4/c1-3-28-10-14-30(15-11-28)26-42-37(40)32-18-22-35(23-19-32)39(34-8-6-5-7-9-34)36-24-20-33(21-25-36)38(41)43-27-31-16-12-29(4-2)13-17-31/h3-25H,1-2,26-27H2. The summed E-state index contributed by atoms with van der Waals surface area (Å²) in [4.78, 5) is 27.5. The average Bonchev–Trinajstić information content (AvgIpc) is 3.08. The van der Waals surface area contributed by atoms with Crippen molar-refractivity contribution in [1.29, 1.82) is 0 Å². The number of anilines is 3. The molecule has 0 N–H and O–H groups in total. The zero-order chi connectivity index (χ0) is 30.0. The van der Waals surface area contributed by atoms with Gasteiger partial charge in [-0.25, -0.2) is 9.59 Å². The van der Waals surface area contributed by atoms with Crippen molar-refractivity contribution >= 4 is 41.2 Å². The van der Waals surface area contributed by atoms with Crippen LogP contribution in [0.2, 0.25) is 0 Å². The van der Waals surface area contributed by atoms with Crippen LogP contribution >= 0.6 is 0 Å². The van der Waals surface area contributed by atoms with Crippen LogP contribution in [0.4, 0.5) is 17.1 Å². The summed E-state index contributed by atoms with van der Waals surface area (Å²) in [7, 11) is 0. The van der Waals surface area contributed by atoms with E-state index in [4.69, 9.17) is 9.47 Å². The fraction of sp³-hybridized carbons (Fsp3) is 0.0526. The van der Waals surface area contributed by atoms with E-state index in [1.54, 1.807) is 36.4 Å². The molecule has 5 rings (SSSR count). The smallest absolute Gasteiger partial charge is 0.338 e. The second kappa shape index (κ2) is 13.8. The molecular weight excluding hydrogens is 534 g/mol. The van der Waals surface area contributed by atoms with Crippen LogP contribution in [-0.2, 0) is 22.7 Å². The topological polar surface area (TPSA) is 55.8 Å². The summed E-state index contributed by atoms with van der Waals surface area (Å²) in [5.41, 5.74) is 7.36. The molecule has 0 saturated heterocycles. The van der Waals surface area contributed by atoms with Crippen LogP contribution in [0.5, 0.6) is 0 Å². The molecule has 0 radical (unpaired) electrons. The first-order valence-electron chi connectivity index (χ1n) is 13.9. The maximum Gasteiger partial charge on any atom is 0.338 e. The van der Waals surface area contributed by atoms with Crippen molar-refractivity contribution in [2.24, 2.45) is 0 Å². The molecule has 0 aliphatic carbocycles. The molecule has 0 aromatic heterocycles. The van der Waals surface area contributed by atoms with Crippen LogP contribution < -0.4 is 4.90 Å². The molecule has 0 spiro atoms. The summed E-state index contributed by atoms with van der Waals surface area (Å²) < 4.78 is 11.1. The Labute approximate surface area is 252 Å². The monoisotopic (exact) mass is 565 g/mol. The maximum atomic E-state index is 12.7. The Morgan fingerprint density at radius 3 is 1.26 bits per heavy atom. The number of para-hydroxylation sites is 1. The van der Waals surface area contributed by atoms with E-state index >= 15 is 0 Å². The normalized spacial score (nSPS) is 10.4. The molecule has 0 heterocycles. The van der Waals surface area contributed by atoms with Gasteiger partial charge in [0.2, 0.25) is 0 Å². The minimum Gasteiger partial charge on any atom is -0.457 e. The van der Waals surface area contributed by atoms with Crippen LogP contribution in [-0.4, -0.2) is 11.9 Å². The molecule has 5 aromatic rings. The average molecular weight is 566 g/mol. The van der Waals surface area contributed by atoms with Gasteiger partial charge in [-0.15, -0.1) is 0 Å². The lowest BCUT2D eigenvalue weighted by molar-refractivity contribution is 0.0464. The lowest BCUT2D eigenvalue weighted by Gasteiger charge is -2.25. The first-order chi connectivity index (χ1) is 21.0. The van der Waals surface area contributed by atoms with Crippen molar-refractivity contribution in [3.63, 3.8) is 0 Å². The minimum absolute atomic E-state index is 0.185. The van der Waals surface area contributed by atoms with Gasteiger partial charge in [0, 0.05) is 17.1 Å². The van der Waals surface area contributed by atoms with E-state index in [2.05, 4.69) is 13.2 Å². The van der Waals surface area contributed by atoms with Gasteiger partial charge in [0.25, 0.3) is 0 Å². The molecule has 0 bridgehead atoms. The van der Waals surface area contributed by atoms with E-state index in [0.29, 0.717) is 11.1 Å². The fourth-order valence-electron chi connectivity index (χ4n) is 4.48. The number of rotatable bonds is 11. The van der Waals surface area contributed by atoms with Gasteiger partial charge in [0.15, 0.2) is 0 Å². The van der Waals surface area contributed by atoms with Gasteiger partial charge in [0.1, 0.15) is 13.2 Å². The van der Waals surface area contributed by atoms with E-state index in [1.165, 1.54) is 0 Å². The number of hydrogen-bond donors (Lipinski definition) is 0. The number of hydrogen-bond acceptors (Lipinski definition) is 5. The molecule has 5 heteroatoms. The van der Waals surface area contributed by atoms with Gasteiger partial charge in [-0.1, -0.05) is 92.0 Å². The quantitative estimate of drug-likeness (QED) is 0.150. The number of carbonyl (C=O) groups is 2. The maximum absolute atomic E-state index is 12.7. The Balaban J connectivity index is 1.28. The molecule has 0 amide bonds. The van der Waals surface area contributed by atoms with E-state index in [0.717, 1.165) is 39.3 Å². The molecule has 5 nitrogen and oxygen atoms in total. The van der Waals surface area contributed by atoms with Crippen molar-refractivity contribution < 1.29 is 19.1 Å². The Hall–Kier alpha value is -5.68. The van der Waals surface area contributed by atoms with Crippen molar-refractivity contribution in [3.05, 3.63) is 174 Å². The lowest BCUT2D eigenvalue weighted by atomic mass is 10.1. The Kier molecular flexibility index (Phi) is 9.25. The molecule has 5 aromatic carbocycles. The van der Waals surface area contributed by atoms with Crippen LogP contribution in [0.3, 0.4) is 0 Å². The minimum atomic E-state index is -0.398. The second-order valence-corrected chi connectivity index (χ2v) is 9.81. The van der Waals surface area contributed by atoms with Crippen molar-refractivity contribution in [2.75, 3.05) is 4.90 Å². The number of ether oxygens (including phenoxy) is 2. The highest BCUT2D eigenvalue weighted by Gasteiger charge is 2.16. The molecule has 0 saturated carbocycles. The predicted octanol–water partition coefficient (Wildman–Crippen LogP) is 9.16. The highest BCUT2D eigenvalue weighted by atomic mass is 16.5. The van der Waals surface area contributed by atoms with E-state index in [-0.39, 0.29) is 13.2 Å². The first kappa shape index (κ1) is 28.8. The van der Waals surface area contributed by atoms with E-state index < -0.39 is 11.9 Å². The number of nitrogens with zero attached hydrogens (tertiary/aromatic N) is 1. The summed E-state index contributed by atoms with van der Waals surface area (Å²) in [6.07, 6.45) is 3.54. The molecule has 0 aliphatic heterocycles. The third-order valence-corrected chi connectivity index (χ3v) is 6.91. The van der Waals surface area contributed by atoms with Gasteiger partial charge in [0.05, 0.1) is 11.1 Å². The number of carbonyl (C=O) groups excluding carboxylic acids is 2. The zero-order valence-electron chi connectivity index (χ0n) is 23.7. The molecule has 0 fully saturated rings.